The van der Waals surface area contributed by atoms with E-state index in [4.69, 9.17) is 0 Å². The Morgan fingerprint density at radius 1 is 1.13 bits per heavy atom. The van der Waals surface area contributed by atoms with Crippen molar-refractivity contribution in [2.45, 2.75) is 44.9 Å². The summed E-state index contributed by atoms with van der Waals surface area (Å²) in [4.78, 5) is 20.2. The monoisotopic (exact) mass is 403 g/mol. The van der Waals surface area contributed by atoms with Crippen LogP contribution in [0, 0.1) is 0 Å². The molecule has 0 radical (unpaired) electrons. The number of hydrogen-bond acceptors (Lipinski definition) is 2. The van der Waals surface area contributed by atoms with Gasteiger partial charge in [0.05, 0.1) is 11.7 Å². The van der Waals surface area contributed by atoms with Crippen molar-refractivity contribution >= 4 is 28.1 Å². The summed E-state index contributed by atoms with van der Waals surface area (Å²) in [5, 5.41) is 2.24. The number of aldehydes is 1. The Morgan fingerprint density at radius 2 is 1.93 bits per heavy atom. The van der Waals surface area contributed by atoms with Gasteiger partial charge in [-0.15, -0.1) is 0 Å². The number of nitrogens with zero attached hydrogens (tertiary/aromatic N) is 1. The molecule has 1 aliphatic rings. The molecule has 154 valence electrons. The second kappa shape index (κ2) is 6.81. The number of para-hydroxylation sites is 1. The van der Waals surface area contributed by atoms with Gasteiger partial charge in [0.25, 0.3) is 0 Å². The summed E-state index contributed by atoms with van der Waals surface area (Å²) in [6.07, 6.45) is 1.71. The normalized spacial score (nSPS) is 20.0. The number of alkyl halides is 1. The molecule has 1 aliphatic heterocycles. The third-order valence-corrected chi connectivity index (χ3v) is 6.18. The fraction of sp³-hybridized carbons (Fsp3) is 0.320. The molecule has 4 nitrogen and oxygen atoms in total. The lowest BCUT2D eigenvalue weighted by Crippen LogP contribution is -2.47. The molecule has 0 aliphatic carbocycles. The van der Waals surface area contributed by atoms with Crippen LogP contribution in [0.1, 0.15) is 54.1 Å². The molecule has 0 saturated heterocycles. The number of halogens is 1. The van der Waals surface area contributed by atoms with Crippen molar-refractivity contribution in [3.63, 3.8) is 0 Å². The van der Waals surface area contributed by atoms with Gasteiger partial charge in [-0.2, -0.15) is 0 Å². The highest BCUT2D eigenvalue weighted by Crippen LogP contribution is 2.42. The molecular weight excluding hydrogens is 377 g/mol. The Morgan fingerprint density at radius 3 is 2.70 bits per heavy atom. The predicted octanol–water partition coefficient (Wildman–Crippen LogP) is 5.55. The number of hydrogen-bond donors (Lipinski definition) is 2. The van der Waals surface area contributed by atoms with Crippen molar-refractivity contribution in [3.05, 3.63) is 71.0 Å². The van der Waals surface area contributed by atoms with E-state index in [0.29, 0.717) is 12.2 Å². The fourth-order valence-electron chi connectivity index (χ4n) is 4.95. The summed E-state index contributed by atoms with van der Waals surface area (Å²) in [7, 11) is 0. The minimum absolute atomic E-state index is 0.0786. The number of carbonyl (C=O) groups excluding carboxylic acids is 1. The average Bonchev–Trinajstić information content (AvgIpc) is 3.28. The van der Waals surface area contributed by atoms with Crippen LogP contribution in [0.25, 0.3) is 21.8 Å². The molecule has 2 aromatic heterocycles. The summed E-state index contributed by atoms with van der Waals surface area (Å²) in [6.45, 7) is 5.81. The SMILES string of the molecule is C[C@@H]1Cc2c([nH]c3ccccc23)[C@@H](c2ccc3[nH]c(C=O)cc3c2)N1CC(C)(C)F. The van der Waals surface area contributed by atoms with E-state index in [1.165, 1.54) is 10.9 Å². The van der Waals surface area contributed by atoms with E-state index in [2.05, 4.69) is 52.1 Å². The van der Waals surface area contributed by atoms with Crippen LogP contribution in [0.15, 0.2) is 48.5 Å². The molecular formula is C25H26FN3O. The molecule has 0 bridgehead atoms. The maximum absolute atomic E-state index is 14.8. The second-order valence-electron chi connectivity index (χ2n) is 9.10. The number of aromatic amines is 2. The van der Waals surface area contributed by atoms with Gasteiger partial charge in [0.15, 0.2) is 6.29 Å². The van der Waals surface area contributed by atoms with Crippen LogP contribution < -0.4 is 0 Å². The first-order valence-electron chi connectivity index (χ1n) is 10.5. The summed E-state index contributed by atoms with van der Waals surface area (Å²) in [6, 6.07) is 16.6. The Kier molecular flexibility index (Phi) is 4.33. The first-order chi connectivity index (χ1) is 14.3. The highest BCUT2D eigenvalue weighted by molar-refractivity contribution is 5.89. The third-order valence-electron chi connectivity index (χ3n) is 6.18. The zero-order valence-corrected chi connectivity index (χ0v) is 17.5. The van der Waals surface area contributed by atoms with E-state index in [1.54, 1.807) is 13.8 Å². The summed E-state index contributed by atoms with van der Waals surface area (Å²) in [5.74, 6) is 0. The molecule has 0 amide bonds. The largest absolute Gasteiger partial charge is 0.357 e. The molecule has 2 N–H and O–H groups in total. The quantitative estimate of drug-likeness (QED) is 0.439. The highest BCUT2D eigenvalue weighted by atomic mass is 19.1. The third kappa shape index (κ3) is 3.14. The molecule has 0 saturated carbocycles. The maximum atomic E-state index is 14.8. The molecule has 30 heavy (non-hydrogen) atoms. The number of benzene rings is 2. The minimum Gasteiger partial charge on any atom is -0.357 e. The lowest BCUT2D eigenvalue weighted by Gasteiger charge is -2.43. The van der Waals surface area contributed by atoms with Gasteiger partial charge in [-0.25, -0.2) is 4.39 Å². The molecule has 5 rings (SSSR count). The Labute approximate surface area is 175 Å². The van der Waals surface area contributed by atoms with Gasteiger partial charge < -0.3 is 9.97 Å². The Hall–Kier alpha value is -2.92. The van der Waals surface area contributed by atoms with Crippen LogP contribution in [0.4, 0.5) is 4.39 Å². The van der Waals surface area contributed by atoms with Gasteiger partial charge in [-0.1, -0.05) is 24.3 Å². The van der Waals surface area contributed by atoms with Crippen molar-refractivity contribution in [1.29, 1.82) is 0 Å². The molecule has 2 aromatic carbocycles. The molecule has 0 fully saturated rings. The number of H-pyrrole nitrogens is 2. The van der Waals surface area contributed by atoms with Gasteiger partial charge in [0.2, 0.25) is 0 Å². The van der Waals surface area contributed by atoms with E-state index in [1.807, 2.05) is 18.2 Å². The standard InChI is InChI=1S/C25H26FN3O/c1-15-10-20-19-6-4-5-7-22(19)28-23(20)24(29(15)14-25(2,3)26)16-8-9-21-17(11-16)12-18(13-30)27-21/h4-9,11-13,15,24,27-28H,10,14H2,1-3H3/t15-,24-/m1/s1. The second-order valence-corrected chi connectivity index (χ2v) is 9.10. The summed E-state index contributed by atoms with van der Waals surface area (Å²) in [5.41, 5.74) is 4.86. The molecule has 0 unspecified atom stereocenters. The smallest absolute Gasteiger partial charge is 0.166 e. The predicted molar refractivity (Wildman–Crippen MR) is 119 cm³/mol. The van der Waals surface area contributed by atoms with E-state index < -0.39 is 5.67 Å². The number of carbonyl (C=O) groups is 1. The lowest BCUT2D eigenvalue weighted by molar-refractivity contribution is 0.0668. The average molecular weight is 404 g/mol. The fourth-order valence-corrected chi connectivity index (χ4v) is 4.95. The first-order valence-corrected chi connectivity index (χ1v) is 10.5. The van der Waals surface area contributed by atoms with Crippen LogP contribution in [0.3, 0.4) is 0 Å². The van der Waals surface area contributed by atoms with Gasteiger partial charge in [0, 0.05) is 40.1 Å². The Bertz CT molecular complexity index is 1250. The van der Waals surface area contributed by atoms with E-state index in [-0.39, 0.29) is 12.1 Å². The molecule has 3 heterocycles. The minimum atomic E-state index is -1.31. The van der Waals surface area contributed by atoms with Crippen LogP contribution >= 0.6 is 0 Å². The van der Waals surface area contributed by atoms with Gasteiger partial charge in [-0.05, 0) is 62.6 Å². The van der Waals surface area contributed by atoms with Gasteiger partial charge in [0.1, 0.15) is 5.67 Å². The van der Waals surface area contributed by atoms with Crippen molar-refractivity contribution in [1.82, 2.24) is 14.9 Å². The number of aromatic nitrogens is 2. The van der Waals surface area contributed by atoms with E-state index in [9.17, 15) is 9.18 Å². The number of fused-ring (bicyclic) bond motifs is 4. The van der Waals surface area contributed by atoms with Crippen LogP contribution in [-0.2, 0) is 6.42 Å². The molecule has 0 spiro atoms. The number of nitrogens with one attached hydrogen (secondary N) is 2. The van der Waals surface area contributed by atoms with Crippen LogP contribution in [0.5, 0.6) is 0 Å². The van der Waals surface area contributed by atoms with Gasteiger partial charge in [-0.3, -0.25) is 9.69 Å². The molecule has 5 heteroatoms. The molecule has 2 atom stereocenters. The lowest BCUT2D eigenvalue weighted by atomic mass is 9.87. The van der Waals surface area contributed by atoms with Gasteiger partial charge >= 0.3 is 0 Å². The number of rotatable bonds is 4. The maximum Gasteiger partial charge on any atom is 0.166 e. The zero-order chi connectivity index (χ0) is 21.0. The van der Waals surface area contributed by atoms with E-state index in [0.717, 1.165) is 40.4 Å². The summed E-state index contributed by atoms with van der Waals surface area (Å²) >= 11 is 0. The highest BCUT2D eigenvalue weighted by Gasteiger charge is 2.38. The topological polar surface area (TPSA) is 51.9 Å². The zero-order valence-electron chi connectivity index (χ0n) is 17.5. The summed E-state index contributed by atoms with van der Waals surface area (Å²) < 4.78 is 14.8. The van der Waals surface area contributed by atoms with E-state index >= 15 is 0 Å². The van der Waals surface area contributed by atoms with Crippen molar-refractivity contribution in [2.75, 3.05) is 6.54 Å². The first kappa shape index (κ1) is 19.1. The Balaban J connectivity index is 1.71. The van der Waals surface area contributed by atoms with Crippen molar-refractivity contribution in [2.24, 2.45) is 0 Å². The van der Waals surface area contributed by atoms with Crippen molar-refractivity contribution in [3.8, 4) is 0 Å². The molecule has 4 aromatic rings. The van der Waals surface area contributed by atoms with Crippen LogP contribution in [-0.4, -0.2) is 39.4 Å². The van der Waals surface area contributed by atoms with Crippen LogP contribution in [0.2, 0.25) is 0 Å². The van der Waals surface area contributed by atoms with Crippen molar-refractivity contribution < 1.29 is 9.18 Å².